The van der Waals surface area contributed by atoms with Crippen molar-refractivity contribution in [3.8, 4) is 0 Å². The second-order valence-electron chi connectivity index (χ2n) is 4.70. The van der Waals surface area contributed by atoms with Crippen LogP contribution in [0.4, 0.5) is 0 Å². The van der Waals surface area contributed by atoms with E-state index in [0.29, 0.717) is 18.8 Å². The van der Waals surface area contributed by atoms with E-state index in [4.69, 9.17) is 4.42 Å². The Morgan fingerprint density at radius 1 is 1.05 bits per heavy atom. The van der Waals surface area contributed by atoms with Gasteiger partial charge in [0.25, 0.3) is 0 Å². The number of hydrogen-bond acceptors (Lipinski definition) is 4. The van der Waals surface area contributed by atoms with Gasteiger partial charge in [-0.15, -0.1) is 22.7 Å². The number of thiophene rings is 2. The van der Waals surface area contributed by atoms with Gasteiger partial charge >= 0.3 is 0 Å². The Labute approximate surface area is 137 Å². The Balaban J connectivity index is 1.73. The van der Waals surface area contributed by atoms with Crippen molar-refractivity contribution in [1.82, 2.24) is 4.90 Å². The minimum absolute atomic E-state index is 0.0156. The van der Waals surface area contributed by atoms with Crippen LogP contribution in [0, 0.1) is 0 Å². The second-order valence-corrected chi connectivity index (χ2v) is 6.77. The third-order valence-corrected chi connectivity index (χ3v) is 4.82. The Hall–Kier alpha value is -2.11. The van der Waals surface area contributed by atoms with Gasteiger partial charge in [0.2, 0.25) is 5.91 Å². The zero-order chi connectivity index (χ0) is 15.2. The zero-order valence-corrected chi connectivity index (χ0v) is 13.5. The van der Waals surface area contributed by atoms with Gasteiger partial charge in [-0.2, -0.15) is 0 Å². The Bertz CT molecular complexity index is 677. The largest absolute Gasteiger partial charge is 0.465 e. The van der Waals surface area contributed by atoms with Crippen molar-refractivity contribution in [3.63, 3.8) is 0 Å². The van der Waals surface area contributed by atoms with Crippen molar-refractivity contribution in [1.29, 1.82) is 0 Å². The predicted octanol–water partition coefficient (Wildman–Crippen LogP) is 4.64. The summed E-state index contributed by atoms with van der Waals surface area (Å²) < 4.78 is 5.22. The summed E-state index contributed by atoms with van der Waals surface area (Å²) in [5.74, 6) is 0.666. The van der Waals surface area contributed by atoms with E-state index in [9.17, 15) is 4.79 Å². The average molecular weight is 329 g/mol. The lowest BCUT2D eigenvalue weighted by atomic mass is 10.3. The van der Waals surface area contributed by atoms with E-state index in [1.807, 2.05) is 33.9 Å². The van der Waals surface area contributed by atoms with Gasteiger partial charge in [-0.25, -0.2) is 0 Å². The van der Waals surface area contributed by atoms with E-state index in [0.717, 1.165) is 0 Å². The fraction of sp³-hybridized carbons (Fsp3) is 0.118. The molecule has 3 heterocycles. The van der Waals surface area contributed by atoms with Gasteiger partial charge < -0.3 is 9.32 Å². The highest BCUT2D eigenvalue weighted by Gasteiger charge is 2.13. The summed E-state index contributed by atoms with van der Waals surface area (Å²) in [6, 6.07) is 11.7. The number of carbonyl (C=O) groups excluding carboxylic acids is 1. The first-order valence-corrected chi connectivity index (χ1v) is 8.62. The zero-order valence-electron chi connectivity index (χ0n) is 11.8. The summed E-state index contributed by atoms with van der Waals surface area (Å²) in [4.78, 5) is 16.7. The maximum atomic E-state index is 12.5. The molecule has 0 aliphatic carbocycles. The predicted molar refractivity (Wildman–Crippen MR) is 90.6 cm³/mol. The molecule has 0 fully saturated rings. The molecule has 3 aromatic rings. The van der Waals surface area contributed by atoms with Crippen LogP contribution < -0.4 is 0 Å². The Morgan fingerprint density at radius 2 is 1.73 bits per heavy atom. The molecule has 0 unspecified atom stereocenters. The monoisotopic (exact) mass is 329 g/mol. The molecule has 0 spiro atoms. The van der Waals surface area contributed by atoms with Crippen molar-refractivity contribution in [2.75, 3.05) is 0 Å². The van der Waals surface area contributed by atoms with E-state index in [1.54, 1.807) is 47.2 Å². The topological polar surface area (TPSA) is 33.5 Å². The van der Waals surface area contributed by atoms with Crippen LogP contribution in [0.25, 0.3) is 6.08 Å². The average Bonchev–Trinajstić information content (AvgIpc) is 3.27. The molecular formula is C17H15NO2S2. The highest BCUT2D eigenvalue weighted by molar-refractivity contribution is 7.10. The summed E-state index contributed by atoms with van der Waals surface area (Å²) in [7, 11) is 0. The molecule has 0 aliphatic rings. The fourth-order valence-electron chi connectivity index (χ4n) is 2.04. The maximum absolute atomic E-state index is 12.5. The van der Waals surface area contributed by atoms with Gasteiger partial charge in [-0.3, -0.25) is 4.79 Å². The molecule has 0 saturated carbocycles. The van der Waals surface area contributed by atoms with Crippen LogP contribution in [0.2, 0.25) is 0 Å². The van der Waals surface area contributed by atoms with Crippen LogP contribution in [-0.4, -0.2) is 10.8 Å². The smallest absolute Gasteiger partial charge is 0.247 e. The molecule has 5 heteroatoms. The van der Waals surface area contributed by atoms with Crippen LogP contribution >= 0.6 is 22.7 Å². The summed E-state index contributed by atoms with van der Waals surface area (Å²) in [6.45, 7) is 1.24. The van der Waals surface area contributed by atoms with E-state index in [-0.39, 0.29) is 5.91 Å². The molecule has 0 aromatic carbocycles. The molecule has 3 nitrogen and oxygen atoms in total. The van der Waals surface area contributed by atoms with E-state index < -0.39 is 0 Å². The summed E-state index contributed by atoms with van der Waals surface area (Å²) in [5.41, 5.74) is 0. The summed E-state index contributed by atoms with van der Waals surface area (Å²) in [6.07, 6.45) is 4.87. The lowest BCUT2D eigenvalue weighted by Gasteiger charge is -2.19. The number of amides is 1. The lowest BCUT2D eigenvalue weighted by molar-refractivity contribution is -0.127. The number of rotatable bonds is 6. The summed E-state index contributed by atoms with van der Waals surface area (Å²) in [5, 5.41) is 4.06. The van der Waals surface area contributed by atoms with Gasteiger partial charge in [0.15, 0.2) is 0 Å². The van der Waals surface area contributed by atoms with Crippen molar-refractivity contribution >= 4 is 34.7 Å². The van der Waals surface area contributed by atoms with Gasteiger partial charge in [0, 0.05) is 15.8 Å². The minimum Gasteiger partial charge on any atom is -0.465 e. The van der Waals surface area contributed by atoms with Gasteiger partial charge in [-0.05, 0) is 41.1 Å². The molecule has 0 N–H and O–H groups in total. The van der Waals surface area contributed by atoms with Crippen molar-refractivity contribution in [2.45, 2.75) is 13.1 Å². The summed E-state index contributed by atoms with van der Waals surface area (Å²) >= 11 is 3.33. The molecule has 3 rings (SSSR count). The molecule has 0 aliphatic heterocycles. The van der Waals surface area contributed by atoms with Gasteiger partial charge in [0.05, 0.1) is 19.4 Å². The molecule has 0 atom stereocenters. The molecule has 112 valence electrons. The molecule has 0 saturated heterocycles. The van der Waals surface area contributed by atoms with Crippen LogP contribution in [0.15, 0.2) is 63.9 Å². The fourth-order valence-corrected chi connectivity index (χ4v) is 3.48. The molecule has 1 amide bonds. The normalized spacial score (nSPS) is 11.1. The quantitative estimate of drug-likeness (QED) is 0.617. The number of carbonyl (C=O) groups is 1. The number of nitrogens with zero attached hydrogens (tertiary/aromatic N) is 1. The third kappa shape index (κ3) is 3.96. The van der Waals surface area contributed by atoms with Crippen molar-refractivity contribution in [3.05, 3.63) is 75.0 Å². The van der Waals surface area contributed by atoms with Gasteiger partial charge in [-0.1, -0.05) is 12.1 Å². The Morgan fingerprint density at radius 3 is 2.23 bits per heavy atom. The highest BCUT2D eigenvalue weighted by atomic mass is 32.1. The molecular weight excluding hydrogens is 314 g/mol. The lowest BCUT2D eigenvalue weighted by Crippen LogP contribution is -2.27. The Kier molecular flexibility index (Phi) is 4.88. The third-order valence-electron chi connectivity index (χ3n) is 3.10. The first-order valence-electron chi connectivity index (χ1n) is 6.86. The van der Waals surface area contributed by atoms with E-state index in [2.05, 4.69) is 12.1 Å². The van der Waals surface area contributed by atoms with Crippen molar-refractivity contribution in [2.24, 2.45) is 0 Å². The van der Waals surface area contributed by atoms with Crippen LogP contribution in [0.1, 0.15) is 15.5 Å². The second kappa shape index (κ2) is 7.24. The number of hydrogen-bond donors (Lipinski definition) is 0. The SMILES string of the molecule is O=C(/C=C/c1ccco1)N(Cc1cccs1)Cc1cccs1. The van der Waals surface area contributed by atoms with E-state index >= 15 is 0 Å². The van der Waals surface area contributed by atoms with Crippen LogP contribution in [0.5, 0.6) is 0 Å². The van der Waals surface area contributed by atoms with Crippen LogP contribution in [0.3, 0.4) is 0 Å². The van der Waals surface area contributed by atoms with Crippen LogP contribution in [-0.2, 0) is 17.9 Å². The van der Waals surface area contributed by atoms with E-state index in [1.165, 1.54) is 9.75 Å². The minimum atomic E-state index is -0.0156. The number of furan rings is 1. The first kappa shape index (κ1) is 14.8. The molecule has 3 aromatic heterocycles. The first-order chi connectivity index (χ1) is 10.8. The molecule has 22 heavy (non-hydrogen) atoms. The molecule has 0 bridgehead atoms. The molecule has 0 radical (unpaired) electrons. The van der Waals surface area contributed by atoms with Crippen molar-refractivity contribution < 1.29 is 9.21 Å². The highest BCUT2D eigenvalue weighted by Crippen LogP contribution is 2.18. The maximum Gasteiger partial charge on any atom is 0.247 e. The standard InChI is InChI=1S/C17H15NO2S2/c19-17(8-7-14-4-1-9-20-14)18(12-15-5-2-10-21-15)13-16-6-3-11-22-16/h1-11H,12-13H2/b8-7+. The van der Waals surface area contributed by atoms with Gasteiger partial charge in [0.1, 0.15) is 5.76 Å².